The van der Waals surface area contributed by atoms with Gasteiger partial charge in [-0.15, -0.1) is 12.3 Å². The Morgan fingerprint density at radius 1 is 1.16 bits per heavy atom. The van der Waals surface area contributed by atoms with E-state index in [4.69, 9.17) is 9.84 Å². The third kappa shape index (κ3) is 13.7. The van der Waals surface area contributed by atoms with E-state index in [0.29, 0.717) is 37.2 Å². The van der Waals surface area contributed by atoms with Gasteiger partial charge in [-0.25, -0.2) is 9.59 Å². The predicted octanol–water partition coefficient (Wildman–Crippen LogP) is 8.22. The summed E-state index contributed by atoms with van der Waals surface area (Å²) in [5, 5.41) is 9.16. The number of amides is 1. The van der Waals surface area contributed by atoms with E-state index in [1.807, 2.05) is 26.0 Å². The molecule has 0 aromatic rings. The Balaban J connectivity index is 0.00000191. The van der Waals surface area contributed by atoms with Crippen molar-refractivity contribution in [2.75, 3.05) is 32.7 Å². The molecule has 1 unspecified atom stereocenters. The van der Waals surface area contributed by atoms with Crippen molar-refractivity contribution < 1.29 is 19.4 Å². The van der Waals surface area contributed by atoms with Gasteiger partial charge < -0.3 is 19.6 Å². The largest absolute Gasteiger partial charge is 0.478 e. The lowest BCUT2D eigenvalue weighted by Crippen LogP contribution is -2.47. The van der Waals surface area contributed by atoms with Gasteiger partial charge in [0.1, 0.15) is 5.60 Å². The molecule has 252 valence electrons. The summed E-state index contributed by atoms with van der Waals surface area (Å²) in [7, 11) is 0. The third-order valence-electron chi connectivity index (χ3n) is 8.47. The Hall–Kier alpha value is -3.24. The zero-order chi connectivity index (χ0) is 34.0. The molecule has 7 heteroatoms. The Morgan fingerprint density at radius 3 is 2.29 bits per heavy atom. The van der Waals surface area contributed by atoms with Gasteiger partial charge in [0.25, 0.3) is 0 Å². The number of terminal acetylenes is 1. The topological polar surface area (TPSA) is 73.3 Å². The Morgan fingerprint density at radius 2 is 1.78 bits per heavy atom. The summed E-state index contributed by atoms with van der Waals surface area (Å²) in [5.41, 5.74) is 2.88. The standard InChI is InChI=1S/C33H51N3O4.C3H4.C2H6/c1-7-11-27(6)36(25(3)4)23-28(14-13-26(5)30-15-16-30)22-34-20-17-33(18-21-34)24-35(32(39)40-33)19-10-9-12-29(8-2)31(37)38;1-3-2;1-2/h7-11,13,23,25,27,30H,12,14-22,24H2,1-6H3,(H,37,38);1H,2H3;1-2H3/b10-9-,11-7-,26-13+,28-23+,29-8+;;. The monoisotopic (exact) mass is 623 g/mol. The first kappa shape index (κ1) is 39.8. The molecule has 1 saturated carbocycles. The number of ether oxygens (including phenoxy) is 1. The number of allylic oxidation sites excluding steroid dienone is 5. The Bertz CT molecular complexity index is 1110. The molecule has 45 heavy (non-hydrogen) atoms. The summed E-state index contributed by atoms with van der Waals surface area (Å²) in [4.78, 5) is 30.5. The van der Waals surface area contributed by atoms with Gasteiger partial charge in [-0.05, 0) is 85.6 Å². The first-order chi connectivity index (χ1) is 21.5. The lowest BCUT2D eigenvalue weighted by molar-refractivity contribution is -0.132. The van der Waals surface area contributed by atoms with Gasteiger partial charge in [0, 0.05) is 62.9 Å². The van der Waals surface area contributed by atoms with Gasteiger partial charge in [0.05, 0.1) is 6.54 Å². The zero-order valence-electron chi connectivity index (χ0n) is 29.6. The lowest BCUT2D eigenvalue weighted by atomic mass is 9.91. The van der Waals surface area contributed by atoms with Crippen LogP contribution in [-0.2, 0) is 9.53 Å². The van der Waals surface area contributed by atoms with Crippen molar-refractivity contribution in [3.05, 3.63) is 59.4 Å². The van der Waals surface area contributed by atoms with E-state index < -0.39 is 11.6 Å². The molecule has 0 aromatic heterocycles. The van der Waals surface area contributed by atoms with Crippen molar-refractivity contribution in [3.63, 3.8) is 0 Å². The molecule has 1 atom stereocenters. The maximum atomic E-state index is 12.6. The summed E-state index contributed by atoms with van der Waals surface area (Å²) in [6.45, 7) is 22.3. The predicted molar refractivity (Wildman–Crippen MR) is 188 cm³/mol. The molecule has 1 spiro atoms. The highest BCUT2D eigenvalue weighted by atomic mass is 16.6. The highest BCUT2D eigenvalue weighted by Gasteiger charge is 2.46. The molecular weight excluding hydrogens is 562 g/mol. The molecular formula is C38H61N3O4. The second kappa shape index (κ2) is 20.7. The van der Waals surface area contributed by atoms with E-state index >= 15 is 0 Å². The minimum atomic E-state index is -0.908. The second-order valence-electron chi connectivity index (χ2n) is 12.3. The zero-order valence-corrected chi connectivity index (χ0v) is 29.6. The highest BCUT2D eigenvalue weighted by molar-refractivity contribution is 5.86. The molecule has 0 bridgehead atoms. The molecule has 0 radical (unpaired) electrons. The van der Waals surface area contributed by atoms with Crippen LogP contribution in [-0.4, -0.2) is 82.3 Å². The fraction of sp³-hybridized carbons (Fsp3) is 0.632. The summed E-state index contributed by atoms with van der Waals surface area (Å²) < 4.78 is 5.94. The lowest BCUT2D eigenvalue weighted by Gasteiger charge is -2.38. The van der Waals surface area contributed by atoms with Crippen LogP contribution in [0, 0.1) is 18.3 Å². The van der Waals surface area contributed by atoms with Crippen LogP contribution in [0.25, 0.3) is 0 Å². The van der Waals surface area contributed by atoms with Crippen LogP contribution in [0.4, 0.5) is 4.79 Å². The second-order valence-corrected chi connectivity index (χ2v) is 12.3. The molecule has 1 amide bonds. The maximum absolute atomic E-state index is 12.6. The van der Waals surface area contributed by atoms with E-state index in [1.165, 1.54) is 24.0 Å². The van der Waals surface area contributed by atoms with E-state index in [2.05, 4.69) is 81.2 Å². The van der Waals surface area contributed by atoms with Crippen molar-refractivity contribution in [3.8, 4) is 12.3 Å². The molecule has 2 heterocycles. The Kier molecular flexibility index (Phi) is 18.3. The van der Waals surface area contributed by atoms with Crippen molar-refractivity contribution in [1.29, 1.82) is 0 Å². The van der Waals surface area contributed by atoms with Crippen LogP contribution >= 0.6 is 0 Å². The Labute approximate surface area is 274 Å². The number of carboxylic acid groups (broad SMARTS) is 1. The fourth-order valence-electron chi connectivity index (χ4n) is 5.72. The van der Waals surface area contributed by atoms with Gasteiger partial charge in [-0.2, -0.15) is 0 Å². The summed E-state index contributed by atoms with van der Waals surface area (Å²) in [5.74, 6) is 2.13. The summed E-state index contributed by atoms with van der Waals surface area (Å²) >= 11 is 0. The SMILES string of the molecule is C#CC.C/C=C\C(C)N(/C=C(\C/C=C(\C)C1CC1)CN1CCC2(CC1)CN(C/C=C\C/C(=C\C)C(=O)O)C(=O)O2)C(C)C.CC. The van der Waals surface area contributed by atoms with Gasteiger partial charge in [-0.3, -0.25) is 4.90 Å². The average Bonchev–Trinajstić information content (AvgIpc) is 3.81. The van der Waals surface area contributed by atoms with Crippen molar-refractivity contribution in [1.82, 2.24) is 14.7 Å². The van der Waals surface area contributed by atoms with Crippen LogP contribution in [0.5, 0.6) is 0 Å². The number of likely N-dealkylation sites (tertiary alicyclic amines) is 1. The van der Waals surface area contributed by atoms with Gasteiger partial charge in [0.2, 0.25) is 0 Å². The van der Waals surface area contributed by atoms with Crippen LogP contribution in [0.1, 0.15) is 101 Å². The maximum Gasteiger partial charge on any atom is 0.410 e. The van der Waals surface area contributed by atoms with Gasteiger partial charge in [-0.1, -0.05) is 55.9 Å². The smallest absolute Gasteiger partial charge is 0.410 e. The number of nitrogens with zero attached hydrogens (tertiary/aromatic N) is 3. The highest BCUT2D eigenvalue weighted by Crippen LogP contribution is 2.37. The van der Waals surface area contributed by atoms with Crippen LogP contribution in [0.2, 0.25) is 0 Å². The van der Waals surface area contributed by atoms with Crippen molar-refractivity contribution >= 4 is 12.1 Å². The first-order valence-corrected chi connectivity index (χ1v) is 16.9. The molecule has 7 nitrogen and oxygen atoms in total. The third-order valence-corrected chi connectivity index (χ3v) is 8.47. The molecule has 3 fully saturated rings. The minimum Gasteiger partial charge on any atom is -0.478 e. The van der Waals surface area contributed by atoms with E-state index in [-0.39, 0.29) is 6.09 Å². The quantitative estimate of drug-likeness (QED) is 0.119. The minimum absolute atomic E-state index is 0.269. The number of aliphatic carboxylic acids is 1. The normalized spacial score (nSPS) is 19.6. The number of carbonyl (C=O) groups excluding carboxylic acids is 1. The molecule has 3 rings (SSSR count). The number of rotatable bonds is 14. The molecule has 1 aliphatic carbocycles. The number of carboxylic acids is 1. The van der Waals surface area contributed by atoms with Crippen molar-refractivity contribution in [2.45, 2.75) is 119 Å². The molecule has 0 aromatic carbocycles. The number of carbonyl (C=O) groups is 2. The van der Waals surface area contributed by atoms with Gasteiger partial charge >= 0.3 is 12.1 Å². The molecule has 1 N–H and O–H groups in total. The van der Waals surface area contributed by atoms with E-state index in [0.717, 1.165) is 44.8 Å². The van der Waals surface area contributed by atoms with Crippen LogP contribution in [0.3, 0.4) is 0 Å². The number of piperidine rings is 1. The summed E-state index contributed by atoms with van der Waals surface area (Å²) in [6, 6.07) is 0.746. The van der Waals surface area contributed by atoms with E-state index in [9.17, 15) is 9.59 Å². The van der Waals surface area contributed by atoms with Crippen LogP contribution in [0.15, 0.2) is 59.4 Å². The number of hydrogen-bond acceptors (Lipinski definition) is 5. The van der Waals surface area contributed by atoms with Crippen molar-refractivity contribution in [2.24, 2.45) is 5.92 Å². The molecule has 3 aliphatic rings. The molecule has 2 saturated heterocycles. The van der Waals surface area contributed by atoms with Gasteiger partial charge in [0.15, 0.2) is 0 Å². The first-order valence-electron chi connectivity index (χ1n) is 16.9. The van der Waals surface area contributed by atoms with E-state index in [1.54, 1.807) is 24.8 Å². The molecule has 2 aliphatic heterocycles. The van der Waals surface area contributed by atoms with Crippen LogP contribution < -0.4 is 0 Å². The number of hydrogen-bond donors (Lipinski definition) is 1. The average molecular weight is 624 g/mol. The summed E-state index contributed by atoms with van der Waals surface area (Å²) in [6.07, 6.45) is 24.5. The fourth-order valence-corrected chi connectivity index (χ4v) is 5.72.